The Labute approximate surface area is 156 Å². The number of anilines is 1. The van der Waals surface area contributed by atoms with Gasteiger partial charge < -0.3 is 14.1 Å². The lowest BCUT2D eigenvalue weighted by atomic mass is 10.1. The zero-order valence-corrected chi connectivity index (χ0v) is 15.3. The first-order chi connectivity index (χ1) is 13.0. The third-order valence-corrected chi connectivity index (χ3v) is 4.69. The molecule has 6 heteroatoms. The van der Waals surface area contributed by atoms with Gasteiger partial charge in [0.15, 0.2) is 5.58 Å². The number of esters is 1. The highest BCUT2D eigenvalue weighted by atomic mass is 16.5. The highest BCUT2D eigenvalue weighted by Crippen LogP contribution is 2.31. The summed E-state index contributed by atoms with van der Waals surface area (Å²) in [6.07, 6.45) is 0.171. The molecule has 2 heterocycles. The number of ether oxygens (including phenoxy) is 1. The second-order valence-electron chi connectivity index (χ2n) is 6.70. The maximum atomic E-state index is 12.4. The molecule has 6 nitrogen and oxygen atoms in total. The molecule has 0 saturated carbocycles. The lowest BCUT2D eigenvalue weighted by Crippen LogP contribution is -2.26. The Kier molecular flexibility index (Phi) is 4.39. The first-order valence-electron chi connectivity index (χ1n) is 9.00. The van der Waals surface area contributed by atoms with Gasteiger partial charge >= 0.3 is 5.97 Å². The summed E-state index contributed by atoms with van der Waals surface area (Å²) >= 11 is 0. The first-order valence-corrected chi connectivity index (χ1v) is 9.00. The van der Waals surface area contributed by atoms with E-state index in [0.29, 0.717) is 35.8 Å². The van der Waals surface area contributed by atoms with Gasteiger partial charge in [0.1, 0.15) is 5.52 Å². The third-order valence-electron chi connectivity index (χ3n) is 4.69. The molecular formula is C21H20N2O4. The van der Waals surface area contributed by atoms with Gasteiger partial charge in [0, 0.05) is 24.2 Å². The second kappa shape index (κ2) is 6.87. The van der Waals surface area contributed by atoms with Gasteiger partial charge in [-0.1, -0.05) is 17.7 Å². The first kappa shape index (κ1) is 17.3. The van der Waals surface area contributed by atoms with E-state index in [4.69, 9.17) is 9.15 Å². The van der Waals surface area contributed by atoms with Crippen molar-refractivity contribution >= 4 is 28.7 Å². The van der Waals surface area contributed by atoms with E-state index in [-0.39, 0.29) is 18.3 Å². The average molecular weight is 364 g/mol. The number of hydrogen-bond donors (Lipinski definition) is 0. The zero-order chi connectivity index (χ0) is 19.0. The number of oxazole rings is 1. The minimum absolute atomic E-state index is 0.0881. The molecule has 138 valence electrons. The summed E-state index contributed by atoms with van der Waals surface area (Å²) in [6, 6.07) is 13.4. The van der Waals surface area contributed by atoms with Gasteiger partial charge in [0.2, 0.25) is 11.8 Å². The molecule has 0 N–H and O–H groups in total. The van der Waals surface area contributed by atoms with Crippen molar-refractivity contribution in [2.24, 2.45) is 5.92 Å². The SMILES string of the molecule is CCOC(=O)[C@H]1CC(=O)N(c2ccc3oc(-c4cccc(C)c4)nc3c2)C1. The third kappa shape index (κ3) is 3.30. The topological polar surface area (TPSA) is 72.6 Å². The maximum absolute atomic E-state index is 12.4. The van der Waals surface area contributed by atoms with Crippen molar-refractivity contribution in [2.75, 3.05) is 18.1 Å². The van der Waals surface area contributed by atoms with Crippen molar-refractivity contribution in [2.45, 2.75) is 20.3 Å². The van der Waals surface area contributed by atoms with Crippen LogP contribution in [-0.4, -0.2) is 30.0 Å². The van der Waals surface area contributed by atoms with E-state index in [2.05, 4.69) is 4.98 Å². The van der Waals surface area contributed by atoms with Crippen LogP contribution in [0.4, 0.5) is 5.69 Å². The van der Waals surface area contributed by atoms with Crippen molar-refractivity contribution in [1.82, 2.24) is 4.98 Å². The maximum Gasteiger partial charge on any atom is 0.311 e. The Morgan fingerprint density at radius 2 is 2.15 bits per heavy atom. The summed E-state index contributed by atoms with van der Waals surface area (Å²) in [6.45, 7) is 4.42. The van der Waals surface area contributed by atoms with Crippen LogP contribution in [0.15, 0.2) is 46.9 Å². The Hall–Kier alpha value is -3.15. The fourth-order valence-electron chi connectivity index (χ4n) is 3.36. The molecule has 4 rings (SSSR count). The molecule has 2 aromatic carbocycles. The Bertz CT molecular complexity index is 1020. The normalized spacial score (nSPS) is 16.9. The van der Waals surface area contributed by atoms with Gasteiger partial charge in [-0.05, 0) is 44.2 Å². The number of carbonyl (C=O) groups is 2. The summed E-state index contributed by atoms with van der Waals surface area (Å²) in [4.78, 5) is 30.5. The van der Waals surface area contributed by atoms with E-state index < -0.39 is 5.92 Å². The number of amides is 1. The van der Waals surface area contributed by atoms with Crippen molar-refractivity contribution < 1.29 is 18.7 Å². The number of benzene rings is 2. The Morgan fingerprint density at radius 1 is 1.30 bits per heavy atom. The van der Waals surface area contributed by atoms with Crippen LogP contribution in [0.3, 0.4) is 0 Å². The lowest BCUT2D eigenvalue weighted by molar-refractivity contribution is -0.147. The van der Waals surface area contributed by atoms with Crippen LogP contribution in [0, 0.1) is 12.8 Å². The minimum atomic E-state index is -0.423. The predicted octanol–water partition coefficient (Wildman–Crippen LogP) is 3.72. The van der Waals surface area contributed by atoms with Gasteiger partial charge in [0.25, 0.3) is 0 Å². The zero-order valence-electron chi connectivity index (χ0n) is 15.3. The standard InChI is InChI=1S/C21H20N2O4/c1-3-26-21(25)15-10-19(24)23(12-15)16-7-8-18-17(11-16)22-20(27-18)14-6-4-5-13(2)9-14/h4-9,11,15H,3,10,12H2,1-2H3/t15-/m0/s1. The molecule has 27 heavy (non-hydrogen) atoms. The minimum Gasteiger partial charge on any atom is -0.466 e. The molecule has 1 fully saturated rings. The fourth-order valence-corrected chi connectivity index (χ4v) is 3.36. The molecule has 1 aliphatic heterocycles. The van der Waals surface area contributed by atoms with Crippen LogP contribution in [0.5, 0.6) is 0 Å². The van der Waals surface area contributed by atoms with Crippen molar-refractivity contribution in [3.63, 3.8) is 0 Å². The van der Waals surface area contributed by atoms with Crippen LogP contribution >= 0.6 is 0 Å². The van der Waals surface area contributed by atoms with Crippen LogP contribution in [0.1, 0.15) is 18.9 Å². The summed E-state index contributed by atoms with van der Waals surface area (Å²) in [5, 5.41) is 0. The van der Waals surface area contributed by atoms with Crippen molar-refractivity contribution in [3.8, 4) is 11.5 Å². The molecule has 0 radical (unpaired) electrons. The number of aryl methyl sites for hydroxylation is 1. The average Bonchev–Trinajstić information content (AvgIpc) is 3.25. The molecule has 1 aliphatic rings. The highest BCUT2D eigenvalue weighted by Gasteiger charge is 2.36. The summed E-state index contributed by atoms with van der Waals surface area (Å²) in [7, 11) is 0. The molecule has 1 amide bonds. The van der Waals surface area contributed by atoms with E-state index in [1.165, 1.54) is 0 Å². The predicted molar refractivity (Wildman–Crippen MR) is 101 cm³/mol. The van der Waals surface area contributed by atoms with Gasteiger partial charge in [0.05, 0.1) is 12.5 Å². The number of fused-ring (bicyclic) bond motifs is 1. The second-order valence-corrected chi connectivity index (χ2v) is 6.70. The van der Waals surface area contributed by atoms with Crippen LogP contribution in [0.25, 0.3) is 22.6 Å². The Morgan fingerprint density at radius 3 is 2.93 bits per heavy atom. The van der Waals surface area contributed by atoms with Gasteiger partial charge in [-0.15, -0.1) is 0 Å². The fraction of sp³-hybridized carbons (Fsp3) is 0.286. The van der Waals surface area contributed by atoms with E-state index >= 15 is 0 Å². The Balaban J connectivity index is 1.62. The summed E-state index contributed by atoms with van der Waals surface area (Å²) in [5.74, 6) is -0.288. The number of nitrogens with zero attached hydrogens (tertiary/aromatic N) is 2. The van der Waals surface area contributed by atoms with Crippen molar-refractivity contribution in [3.05, 3.63) is 48.0 Å². The molecule has 1 saturated heterocycles. The highest BCUT2D eigenvalue weighted by molar-refractivity contribution is 6.00. The van der Waals surface area contributed by atoms with E-state index in [1.807, 2.05) is 49.4 Å². The van der Waals surface area contributed by atoms with E-state index in [9.17, 15) is 9.59 Å². The van der Waals surface area contributed by atoms with E-state index in [1.54, 1.807) is 11.8 Å². The number of hydrogen-bond acceptors (Lipinski definition) is 5. The van der Waals surface area contributed by atoms with Gasteiger partial charge in [-0.25, -0.2) is 4.98 Å². The molecule has 1 atom stereocenters. The van der Waals surface area contributed by atoms with Crippen LogP contribution < -0.4 is 4.90 Å². The molecule has 0 spiro atoms. The molecule has 0 unspecified atom stereocenters. The summed E-state index contributed by atoms with van der Waals surface area (Å²) in [5.41, 5.74) is 4.08. The lowest BCUT2D eigenvalue weighted by Gasteiger charge is -2.16. The molecule has 1 aromatic heterocycles. The molecular weight excluding hydrogens is 344 g/mol. The quantitative estimate of drug-likeness (QED) is 0.660. The van der Waals surface area contributed by atoms with Crippen LogP contribution in [0.2, 0.25) is 0 Å². The summed E-state index contributed by atoms with van der Waals surface area (Å²) < 4.78 is 10.9. The number of aromatic nitrogens is 1. The molecule has 0 aliphatic carbocycles. The van der Waals surface area contributed by atoms with Gasteiger partial charge in [-0.2, -0.15) is 0 Å². The monoisotopic (exact) mass is 364 g/mol. The largest absolute Gasteiger partial charge is 0.466 e. The van der Waals surface area contributed by atoms with E-state index in [0.717, 1.165) is 11.1 Å². The smallest absolute Gasteiger partial charge is 0.311 e. The number of rotatable bonds is 4. The molecule has 0 bridgehead atoms. The van der Waals surface area contributed by atoms with Crippen molar-refractivity contribution in [1.29, 1.82) is 0 Å². The van der Waals surface area contributed by atoms with Gasteiger partial charge in [-0.3, -0.25) is 9.59 Å². The number of carbonyl (C=O) groups excluding carboxylic acids is 2. The molecule has 3 aromatic rings. The van der Waals surface area contributed by atoms with Crippen LogP contribution in [-0.2, 0) is 14.3 Å².